The van der Waals surface area contributed by atoms with Crippen molar-refractivity contribution in [2.75, 3.05) is 19.8 Å². The highest BCUT2D eigenvalue weighted by Gasteiger charge is 1.94. The molecule has 0 fully saturated rings. The first-order valence-corrected chi connectivity index (χ1v) is 4.71. The molecule has 0 aliphatic carbocycles. The fourth-order valence-electron chi connectivity index (χ4n) is 0.745. The van der Waals surface area contributed by atoms with Gasteiger partial charge < -0.3 is 10.1 Å². The van der Waals surface area contributed by atoms with Gasteiger partial charge in [-0.25, -0.2) is 0 Å². The van der Waals surface area contributed by atoms with Crippen LogP contribution in [0.4, 0.5) is 0 Å². The highest BCUT2D eigenvalue weighted by molar-refractivity contribution is 5.96. The normalized spacial score (nSPS) is 10.4. The second kappa shape index (κ2) is 8.44. The topological polar surface area (TPSA) is 55.4 Å². The average Bonchev–Trinajstić information content (AvgIpc) is 2.14. The number of ketones is 1. The minimum Gasteiger partial charge on any atom is -0.380 e. The van der Waals surface area contributed by atoms with Crippen LogP contribution in [0.1, 0.15) is 20.3 Å². The van der Waals surface area contributed by atoms with Crippen molar-refractivity contribution in [3.8, 4) is 0 Å². The van der Waals surface area contributed by atoms with Gasteiger partial charge in [0, 0.05) is 19.2 Å². The van der Waals surface area contributed by atoms with Gasteiger partial charge in [0.05, 0.1) is 6.61 Å². The number of nitrogens with one attached hydrogen (secondary N) is 1. The van der Waals surface area contributed by atoms with Crippen LogP contribution in [0.2, 0.25) is 0 Å². The number of hydrogen-bond donors (Lipinski definition) is 1. The molecule has 0 spiro atoms. The summed E-state index contributed by atoms with van der Waals surface area (Å²) in [5.41, 5.74) is 0. The Morgan fingerprint density at radius 3 is 2.57 bits per heavy atom. The van der Waals surface area contributed by atoms with E-state index < -0.39 is 0 Å². The molecule has 80 valence electrons. The molecular weight excluding hydrogens is 182 g/mol. The first-order chi connectivity index (χ1) is 6.66. The van der Waals surface area contributed by atoms with Crippen molar-refractivity contribution >= 4 is 11.7 Å². The van der Waals surface area contributed by atoms with Crippen molar-refractivity contribution < 1.29 is 14.3 Å². The molecule has 4 heteroatoms. The van der Waals surface area contributed by atoms with Crippen LogP contribution in [-0.2, 0) is 14.3 Å². The predicted molar refractivity (Wildman–Crippen MR) is 53.9 cm³/mol. The maximum atomic E-state index is 11.0. The lowest BCUT2D eigenvalue weighted by atomic mass is 10.4. The first kappa shape index (κ1) is 12.8. The Balaban J connectivity index is 3.40. The molecule has 0 aromatic rings. The van der Waals surface area contributed by atoms with E-state index in [9.17, 15) is 9.59 Å². The summed E-state index contributed by atoms with van der Waals surface area (Å²) in [5, 5.41) is 2.59. The molecule has 1 amide bonds. The lowest BCUT2D eigenvalue weighted by Crippen LogP contribution is -2.25. The predicted octanol–water partition coefficient (Wildman–Crippen LogP) is 0.674. The second-order valence-electron chi connectivity index (χ2n) is 2.85. The Morgan fingerprint density at radius 1 is 1.29 bits per heavy atom. The highest BCUT2D eigenvalue weighted by Crippen LogP contribution is 1.79. The zero-order valence-corrected chi connectivity index (χ0v) is 8.71. The van der Waals surface area contributed by atoms with Crippen LogP contribution >= 0.6 is 0 Å². The van der Waals surface area contributed by atoms with E-state index in [2.05, 4.69) is 5.32 Å². The van der Waals surface area contributed by atoms with E-state index in [1.54, 1.807) is 0 Å². The van der Waals surface area contributed by atoms with Gasteiger partial charge in [-0.3, -0.25) is 9.59 Å². The third-order valence-corrected chi connectivity index (χ3v) is 1.36. The van der Waals surface area contributed by atoms with Crippen LogP contribution in [0.15, 0.2) is 12.2 Å². The Morgan fingerprint density at radius 2 is 2.00 bits per heavy atom. The van der Waals surface area contributed by atoms with Crippen LogP contribution < -0.4 is 5.32 Å². The molecule has 0 aliphatic heterocycles. The molecule has 0 bridgehead atoms. The molecule has 1 N–H and O–H groups in total. The van der Waals surface area contributed by atoms with Crippen LogP contribution in [0.3, 0.4) is 0 Å². The SMILES string of the molecule is CCCOCCNC(=O)/C=C\C(C)=O. The third-order valence-electron chi connectivity index (χ3n) is 1.36. The van der Waals surface area contributed by atoms with Crippen molar-refractivity contribution in [2.24, 2.45) is 0 Å². The molecule has 0 radical (unpaired) electrons. The number of amides is 1. The lowest BCUT2D eigenvalue weighted by molar-refractivity contribution is -0.117. The largest absolute Gasteiger partial charge is 0.380 e. The number of carbonyl (C=O) groups is 2. The van der Waals surface area contributed by atoms with Crippen LogP contribution in [0, 0.1) is 0 Å². The number of hydrogen-bond acceptors (Lipinski definition) is 3. The summed E-state index contributed by atoms with van der Waals surface area (Å²) in [6, 6.07) is 0. The summed E-state index contributed by atoms with van der Waals surface area (Å²) >= 11 is 0. The summed E-state index contributed by atoms with van der Waals surface area (Å²) in [4.78, 5) is 21.4. The van der Waals surface area contributed by atoms with Gasteiger partial charge in [0.1, 0.15) is 0 Å². The van der Waals surface area contributed by atoms with Crippen molar-refractivity contribution in [3.05, 3.63) is 12.2 Å². The molecule has 0 rings (SSSR count). The van der Waals surface area contributed by atoms with Crippen LogP contribution in [0.25, 0.3) is 0 Å². The Labute approximate surface area is 84.3 Å². The van der Waals surface area contributed by atoms with Gasteiger partial charge in [0.15, 0.2) is 5.78 Å². The first-order valence-electron chi connectivity index (χ1n) is 4.71. The van der Waals surface area contributed by atoms with Gasteiger partial charge >= 0.3 is 0 Å². The number of rotatable bonds is 7. The minimum absolute atomic E-state index is 0.137. The van der Waals surface area contributed by atoms with Crippen molar-refractivity contribution in [1.82, 2.24) is 5.32 Å². The van der Waals surface area contributed by atoms with Gasteiger partial charge in [-0.05, 0) is 19.4 Å². The fraction of sp³-hybridized carbons (Fsp3) is 0.600. The monoisotopic (exact) mass is 199 g/mol. The van der Waals surface area contributed by atoms with Crippen molar-refractivity contribution in [1.29, 1.82) is 0 Å². The standard InChI is InChI=1S/C10H17NO3/c1-3-7-14-8-6-11-10(13)5-4-9(2)12/h4-5H,3,6-8H2,1-2H3,(H,11,13)/b5-4-. The summed E-state index contributed by atoms with van der Waals surface area (Å²) in [6.45, 7) is 5.11. The smallest absolute Gasteiger partial charge is 0.244 e. The molecule has 0 heterocycles. The maximum Gasteiger partial charge on any atom is 0.244 e. The zero-order valence-electron chi connectivity index (χ0n) is 8.71. The van der Waals surface area contributed by atoms with Gasteiger partial charge in [-0.15, -0.1) is 0 Å². The van der Waals surface area contributed by atoms with E-state index in [-0.39, 0.29) is 11.7 Å². The molecule has 4 nitrogen and oxygen atoms in total. The van der Waals surface area contributed by atoms with Crippen LogP contribution in [0.5, 0.6) is 0 Å². The van der Waals surface area contributed by atoms with Gasteiger partial charge in [-0.1, -0.05) is 6.92 Å². The Hall–Kier alpha value is -1.16. The van der Waals surface area contributed by atoms with Crippen LogP contribution in [-0.4, -0.2) is 31.4 Å². The molecule has 0 aromatic carbocycles. The summed E-state index contributed by atoms with van der Waals surface area (Å²) < 4.78 is 5.15. The third kappa shape index (κ3) is 8.93. The van der Waals surface area contributed by atoms with E-state index in [0.29, 0.717) is 19.8 Å². The molecule has 0 saturated carbocycles. The molecule has 0 unspecified atom stereocenters. The maximum absolute atomic E-state index is 11.0. The van der Waals surface area contributed by atoms with E-state index in [0.717, 1.165) is 6.42 Å². The Kier molecular flexibility index (Phi) is 7.74. The van der Waals surface area contributed by atoms with Gasteiger partial charge in [0.2, 0.25) is 5.91 Å². The van der Waals surface area contributed by atoms with E-state index in [1.165, 1.54) is 19.1 Å². The summed E-state index contributed by atoms with van der Waals surface area (Å²) in [5.74, 6) is -0.400. The van der Waals surface area contributed by atoms with E-state index >= 15 is 0 Å². The molecule has 0 aromatic heterocycles. The number of allylic oxidation sites excluding steroid dienone is 1. The summed E-state index contributed by atoms with van der Waals surface area (Å²) in [6.07, 6.45) is 3.43. The van der Waals surface area contributed by atoms with Gasteiger partial charge in [-0.2, -0.15) is 0 Å². The molecule has 0 saturated heterocycles. The fourth-order valence-corrected chi connectivity index (χ4v) is 0.745. The molecule has 0 atom stereocenters. The minimum atomic E-state index is -0.264. The van der Waals surface area contributed by atoms with Crippen molar-refractivity contribution in [3.63, 3.8) is 0 Å². The summed E-state index contributed by atoms with van der Waals surface area (Å²) in [7, 11) is 0. The van der Waals surface area contributed by atoms with E-state index in [4.69, 9.17) is 4.74 Å². The quantitative estimate of drug-likeness (QED) is 0.484. The molecule has 14 heavy (non-hydrogen) atoms. The van der Waals surface area contributed by atoms with E-state index in [1.807, 2.05) is 6.92 Å². The zero-order chi connectivity index (χ0) is 10.8. The van der Waals surface area contributed by atoms with Gasteiger partial charge in [0.25, 0.3) is 0 Å². The molecular formula is C10H17NO3. The molecule has 0 aliphatic rings. The highest BCUT2D eigenvalue weighted by atomic mass is 16.5. The lowest BCUT2D eigenvalue weighted by Gasteiger charge is -2.02. The van der Waals surface area contributed by atoms with Crippen molar-refractivity contribution in [2.45, 2.75) is 20.3 Å². The number of ether oxygens (including phenoxy) is 1. The average molecular weight is 199 g/mol. The number of carbonyl (C=O) groups excluding carboxylic acids is 2. The second-order valence-corrected chi connectivity index (χ2v) is 2.85. The Bertz CT molecular complexity index is 211.